The molecule has 0 radical (unpaired) electrons. The second kappa shape index (κ2) is 10.4. The van der Waals surface area contributed by atoms with Crippen LogP contribution in [0.5, 0.6) is 0 Å². The number of carbonyl (C=O) groups is 2. The minimum Gasteiger partial charge on any atom is -0.357 e. The van der Waals surface area contributed by atoms with Crippen LogP contribution in [-0.2, 0) is 32.3 Å². The summed E-state index contributed by atoms with van der Waals surface area (Å²) in [7, 11) is -2.76. The first-order valence-corrected chi connectivity index (χ1v) is 11.9. The quantitative estimate of drug-likeness (QED) is 0.596. The van der Waals surface area contributed by atoms with Gasteiger partial charge < -0.3 is 10.2 Å². The summed E-state index contributed by atoms with van der Waals surface area (Å²) in [6.07, 6.45) is -3.92. The number of nitrogens with zero attached hydrogens (tertiary/aromatic N) is 2. The molecule has 0 aliphatic rings. The van der Waals surface area contributed by atoms with E-state index < -0.39 is 46.2 Å². The van der Waals surface area contributed by atoms with Crippen molar-refractivity contribution in [1.82, 2.24) is 10.2 Å². The van der Waals surface area contributed by atoms with Crippen LogP contribution in [0.4, 0.5) is 18.9 Å². The standard InChI is InChI=1S/C21H23ClF3N3O4S/c1-14(20(30)26-2)27(12-15-6-4-8-17(22)10-15)19(29)13-28(33(3,31)32)18-9-5-7-16(11-18)21(23,24)25/h4-11,14H,12-13H2,1-3H3,(H,26,30). The van der Waals surface area contributed by atoms with E-state index in [1.54, 1.807) is 24.3 Å². The molecule has 2 amide bonds. The van der Waals surface area contributed by atoms with Crippen LogP contribution in [0.1, 0.15) is 18.1 Å². The van der Waals surface area contributed by atoms with Gasteiger partial charge >= 0.3 is 6.18 Å². The number of alkyl halides is 3. The van der Waals surface area contributed by atoms with Crippen LogP contribution >= 0.6 is 11.6 Å². The topological polar surface area (TPSA) is 86.8 Å². The molecule has 0 aromatic heterocycles. The Bertz CT molecular complexity index is 1130. The van der Waals surface area contributed by atoms with Crippen LogP contribution in [0, 0.1) is 0 Å². The number of halogens is 4. The summed E-state index contributed by atoms with van der Waals surface area (Å²) >= 11 is 5.99. The van der Waals surface area contributed by atoms with E-state index in [-0.39, 0.29) is 12.2 Å². The van der Waals surface area contributed by atoms with Crippen molar-refractivity contribution >= 4 is 39.1 Å². The van der Waals surface area contributed by atoms with E-state index in [1.807, 2.05) is 0 Å². The number of likely N-dealkylation sites (N-methyl/N-ethyl adjacent to an activating group) is 1. The monoisotopic (exact) mass is 505 g/mol. The van der Waals surface area contributed by atoms with E-state index in [0.29, 0.717) is 21.0 Å². The fraction of sp³-hybridized carbons (Fsp3) is 0.333. The van der Waals surface area contributed by atoms with Gasteiger partial charge in [-0.15, -0.1) is 0 Å². The first-order valence-electron chi connectivity index (χ1n) is 9.64. The molecule has 12 heteroatoms. The maximum atomic E-state index is 13.2. The highest BCUT2D eigenvalue weighted by molar-refractivity contribution is 7.92. The summed E-state index contributed by atoms with van der Waals surface area (Å²) in [6.45, 7) is 0.576. The van der Waals surface area contributed by atoms with Crippen molar-refractivity contribution in [2.24, 2.45) is 0 Å². The molecule has 2 aromatic rings. The lowest BCUT2D eigenvalue weighted by molar-refractivity contribution is -0.139. The molecule has 0 fully saturated rings. The van der Waals surface area contributed by atoms with E-state index in [1.165, 1.54) is 14.0 Å². The molecule has 0 bridgehead atoms. The second-order valence-corrected chi connectivity index (χ2v) is 9.60. The molecule has 0 spiro atoms. The zero-order valence-electron chi connectivity index (χ0n) is 18.1. The fourth-order valence-electron chi connectivity index (χ4n) is 3.07. The zero-order chi connectivity index (χ0) is 25.0. The molecule has 0 aliphatic heterocycles. The lowest BCUT2D eigenvalue weighted by atomic mass is 10.1. The number of benzene rings is 2. The molecule has 2 rings (SSSR count). The van der Waals surface area contributed by atoms with Crippen LogP contribution in [0.15, 0.2) is 48.5 Å². The Labute approximate surface area is 195 Å². The Morgan fingerprint density at radius 1 is 1.12 bits per heavy atom. The number of anilines is 1. The lowest BCUT2D eigenvalue weighted by Crippen LogP contribution is -2.50. The molecule has 7 nitrogen and oxygen atoms in total. The van der Waals surface area contributed by atoms with E-state index in [4.69, 9.17) is 11.6 Å². The van der Waals surface area contributed by atoms with Gasteiger partial charge in [-0.05, 0) is 42.8 Å². The Kier molecular flexibility index (Phi) is 8.36. The van der Waals surface area contributed by atoms with Crippen LogP contribution in [0.25, 0.3) is 0 Å². The average molecular weight is 506 g/mol. The fourth-order valence-corrected chi connectivity index (χ4v) is 4.13. The van der Waals surface area contributed by atoms with Crippen molar-refractivity contribution in [3.63, 3.8) is 0 Å². The normalized spacial score (nSPS) is 12.7. The maximum Gasteiger partial charge on any atom is 0.416 e. The molecular formula is C21H23ClF3N3O4S. The van der Waals surface area contributed by atoms with Gasteiger partial charge in [0.05, 0.1) is 17.5 Å². The summed E-state index contributed by atoms with van der Waals surface area (Å²) in [4.78, 5) is 26.6. The van der Waals surface area contributed by atoms with Crippen molar-refractivity contribution in [2.75, 3.05) is 24.2 Å². The molecule has 33 heavy (non-hydrogen) atoms. The van der Waals surface area contributed by atoms with Gasteiger partial charge in [-0.2, -0.15) is 13.2 Å². The molecule has 0 saturated heterocycles. The van der Waals surface area contributed by atoms with Gasteiger partial charge in [0.25, 0.3) is 0 Å². The van der Waals surface area contributed by atoms with E-state index in [9.17, 15) is 31.2 Å². The van der Waals surface area contributed by atoms with Crippen molar-refractivity contribution < 1.29 is 31.2 Å². The molecule has 0 aliphatic carbocycles. The van der Waals surface area contributed by atoms with Crippen molar-refractivity contribution in [1.29, 1.82) is 0 Å². The molecule has 0 saturated carbocycles. The molecular weight excluding hydrogens is 483 g/mol. The van der Waals surface area contributed by atoms with Gasteiger partial charge in [-0.25, -0.2) is 8.42 Å². The number of sulfonamides is 1. The number of carbonyl (C=O) groups excluding carboxylic acids is 2. The Morgan fingerprint density at radius 2 is 1.76 bits per heavy atom. The number of hydrogen-bond donors (Lipinski definition) is 1. The van der Waals surface area contributed by atoms with Crippen molar-refractivity contribution in [3.8, 4) is 0 Å². The predicted octanol–water partition coefficient (Wildman–Crippen LogP) is 3.29. The van der Waals surface area contributed by atoms with Crippen LogP contribution in [0.2, 0.25) is 5.02 Å². The third kappa shape index (κ3) is 7.10. The van der Waals surface area contributed by atoms with Crippen LogP contribution < -0.4 is 9.62 Å². The summed E-state index contributed by atoms with van der Waals surface area (Å²) in [5.41, 5.74) is -0.803. The van der Waals surface area contributed by atoms with Crippen molar-refractivity contribution in [2.45, 2.75) is 25.7 Å². The third-order valence-corrected chi connectivity index (χ3v) is 6.17. The molecule has 180 valence electrons. The van der Waals surface area contributed by atoms with Crippen LogP contribution in [0.3, 0.4) is 0 Å². The molecule has 1 atom stereocenters. The summed E-state index contributed by atoms with van der Waals surface area (Å²) in [5, 5.41) is 2.82. The van der Waals surface area contributed by atoms with Gasteiger partial charge in [0.1, 0.15) is 12.6 Å². The molecule has 2 aromatic carbocycles. The van der Waals surface area contributed by atoms with Gasteiger partial charge in [0, 0.05) is 18.6 Å². The number of nitrogens with one attached hydrogen (secondary N) is 1. The predicted molar refractivity (Wildman–Crippen MR) is 119 cm³/mol. The Balaban J connectivity index is 2.43. The first kappa shape index (κ1) is 26.5. The number of rotatable bonds is 8. The number of hydrogen-bond acceptors (Lipinski definition) is 4. The minimum atomic E-state index is -4.70. The number of amides is 2. The summed E-state index contributed by atoms with van der Waals surface area (Å²) in [6, 6.07) is 9.19. The molecule has 1 unspecified atom stereocenters. The van der Waals surface area contributed by atoms with Gasteiger partial charge in [-0.3, -0.25) is 13.9 Å². The van der Waals surface area contributed by atoms with E-state index >= 15 is 0 Å². The largest absolute Gasteiger partial charge is 0.416 e. The highest BCUT2D eigenvalue weighted by Crippen LogP contribution is 2.32. The zero-order valence-corrected chi connectivity index (χ0v) is 19.6. The Hall–Kier alpha value is -2.79. The lowest BCUT2D eigenvalue weighted by Gasteiger charge is -2.31. The maximum absolute atomic E-state index is 13.2. The third-order valence-electron chi connectivity index (χ3n) is 4.80. The van der Waals surface area contributed by atoms with E-state index in [2.05, 4.69) is 5.32 Å². The molecule has 0 heterocycles. The van der Waals surface area contributed by atoms with E-state index in [0.717, 1.165) is 29.4 Å². The van der Waals surface area contributed by atoms with Gasteiger partial charge in [0.15, 0.2) is 0 Å². The van der Waals surface area contributed by atoms with Gasteiger partial charge in [-0.1, -0.05) is 29.8 Å². The van der Waals surface area contributed by atoms with Crippen LogP contribution in [-0.4, -0.2) is 51.0 Å². The van der Waals surface area contributed by atoms with Gasteiger partial charge in [0.2, 0.25) is 21.8 Å². The van der Waals surface area contributed by atoms with Crippen molar-refractivity contribution in [3.05, 3.63) is 64.7 Å². The minimum absolute atomic E-state index is 0.0752. The Morgan fingerprint density at radius 3 is 2.30 bits per heavy atom. The SMILES string of the molecule is CNC(=O)C(C)N(Cc1cccc(Cl)c1)C(=O)CN(c1cccc(C(F)(F)F)c1)S(C)(=O)=O. The highest BCUT2D eigenvalue weighted by Gasteiger charge is 2.33. The highest BCUT2D eigenvalue weighted by atomic mass is 35.5. The average Bonchev–Trinajstić information content (AvgIpc) is 2.73. The summed E-state index contributed by atoms with van der Waals surface area (Å²) < 4.78 is 64.7. The smallest absolute Gasteiger partial charge is 0.357 e. The summed E-state index contributed by atoms with van der Waals surface area (Å²) in [5.74, 6) is -1.29. The second-order valence-electron chi connectivity index (χ2n) is 7.26. The molecule has 1 N–H and O–H groups in total. The first-order chi connectivity index (χ1) is 15.2.